The van der Waals surface area contributed by atoms with Crippen LogP contribution in [0.25, 0.3) is 21.0 Å². The van der Waals surface area contributed by atoms with Crippen molar-refractivity contribution in [2.24, 2.45) is 0 Å². The fourth-order valence-corrected chi connectivity index (χ4v) is 4.80. The van der Waals surface area contributed by atoms with E-state index in [1.807, 2.05) is 24.6 Å². The van der Waals surface area contributed by atoms with Gasteiger partial charge in [-0.05, 0) is 55.3 Å². The summed E-state index contributed by atoms with van der Waals surface area (Å²) in [6.07, 6.45) is 2.19. The summed E-state index contributed by atoms with van der Waals surface area (Å²) in [5, 5.41) is 10.4. The Kier molecular flexibility index (Phi) is 3.37. The summed E-state index contributed by atoms with van der Waals surface area (Å²) in [6, 6.07) is 10.5. The molecule has 1 aliphatic carbocycles. The van der Waals surface area contributed by atoms with Gasteiger partial charge in [0.05, 0.1) is 10.2 Å². The fourth-order valence-electron chi connectivity index (χ4n) is 3.86. The highest BCUT2D eigenvalue weighted by Crippen LogP contribution is 2.39. The molecule has 1 N–H and O–H groups in total. The molecule has 0 saturated carbocycles. The van der Waals surface area contributed by atoms with Crippen LogP contribution in [-0.2, 0) is 19.4 Å². The summed E-state index contributed by atoms with van der Waals surface area (Å²) >= 11 is 1.53. The van der Waals surface area contributed by atoms with Gasteiger partial charge in [-0.1, -0.05) is 29.5 Å². The maximum atomic E-state index is 12.5. The molecule has 2 heterocycles. The Hall–Kier alpha value is -2.73. The van der Waals surface area contributed by atoms with Crippen molar-refractivity contribution in [3.8, 4) is 0 Å². The zero-order chi connectivity index (χ0) is 17.8. The topological polar surface area (TPSA) is 59.8 Å². The fraction of sp³-hybridized carbons (Fsp3) is 0.250. The molecule has 4 aromatic rings. The molecule has 6 heteroatoms. The molecular weight excluding hydrogens is 344 g/mol. The van der Waals surface area contributed by atoms with Crippen LogP contribution < -0.4 is 5.32 Å². The van der Waals surface area contributed by atoms with Crippen molar-refractivity contribution in [3.63, 3.8) is 0 Å². The standard InChI is InChI=1S/C20H18N4OS/c1-3-24-11(2)9-15(23-24)19(25)22-20-21-18-14-6-4-5-12-7-8-13(17(12)14)10-16(18)26-20/h4-6,9-10H,3,7-8H2,1-2H3,(H,21,22,25). The normalized spacial score (nSPS) is 13.0. The Labute approximate surface area is 154 Å². The number of amides is 1. The van der Waals surface area contributed by atoms with Crippen LogP contribution >= 0.6 is 11.3 Å². The van der Waals surface area contributed by atoms with E-state index in [4.69, 9.17) is 4.98 Å². The number of nitrogens with one attached hydrogen (secondary N) is 1. The van der Waals surface area contributed by atoms with E-state index in [0.29, 0.717) is 10.8 Å². The average Bonchev–Trinajstić information content (AvgIpc) is 3.33. The number of fused-ring (bicyclic) bond motifs is 2. The van der Waals surface area contributed by atoms with Crippen LogP contribution in [0.1, 0.15) is 34.2 Å². The average molecular weight is 362 g/mol. The lowest BCUT2D eigenvalue weighted by Gasteiger charge is -2.02. The van der Waals surface area contributed by atoms with E-state index in [1.165, 1.54) is 33.2 Å². The first-order valence-corrected chi connectivity index (χ1v) is 9.65. The number of rotatable bonds is 3. The molecule has 0 fully saturated rings. The van der Waals surface area contributed by atoms with Crippen LogP contribution in [0.15, 0.2) is 30.3 Å². The third kappa shape index (κ3) is 2.25. The van der Waals surface area contributed by atoms with Gasteiger partial charge in [-0.2, -0.15) is 5.10 Å². The number of benzene rings is 2. The van der Waals surface area contributed by atoms with Crippen LogP contribution in [0.5, 0.6) is 0 Å². The van der Waals surface area contributed by atoms with Gasteiger partial charge in [-0.3, -0.25) is 14.8 Å². The highest BCUT2D eigenvalue weighted by Gasteiger charge is 2.19. The van der Waals surface area contributed by atoms with E-state index in [0.717, 1.165) is 35.3 Å². The molecule has 1 aliphatic rings. The smallest absolute Gasteiger partial charge is 0.277 e. The van der Waals surface area contributed by atoms with E-state index in [-0.39, 0.29) is 5.91 Å². The summed E-state index contributed by atoms with van der Waals surface area (Å²) in [5.74, 6) is -0.211. The van der Waals surface area contributed by atoms with Crippen molar-refractivity contribution >= 4 is 43.4 Å². The molecule has 0 atom stereocenters. The summed E-state index contributed by atoms with van der Waals surface area (Å²) < 4.78 is 2.94. The first kappa shape index (κ1) is 15.5. The summed E-state index contributed by atoms with van der Waals surface area (Å²) in [7, 11) is 0. The molecular formula is C20H18N4OS. The van der Waals surface area contributed by atoms with Crippen molar-refractivity contribution in [1.82, 2.24) is 14.8 Å². The zero-order valence-corrected chi connectivity index (χ0v) is 15.5. The third-order valence-electron chi connectivity index (χ3n) is 5.08. The quantitative estimate of drug-likeness (QED) is 0.590. The molecule has 0 spiro atoms. The van der Waals surface area contributed by atoms with E-state index in [9.17, 15) is 4.79 Å². The Morgan fingerprint density at radius 2 is 2.12 bits per heavy atom. The molecule has 5 rings (SSSR count). The van der Waals surface area contributed by atoms with Gasteiger partial charge in [0.25, 0.3) is 5.91 Å². The van der Waals surface area contributed by atoms with Crippen molar-refractivity contribution in [1.29, 1.82) is 0 Å². The molecule has 0 bridgehead atoms. The van der Waals surface area contributed by atoms with Crippen LogP contribution in [0.3, 0.4) is 0 Å². The number of carbonyl (C=O) groups excluding carboxylic acids is 1. The predicted molar refractivity (Wildman–Crippen MR) is 105 cm³/mol. The lowest BCUT2D eigenvalue weighted by molar-refractivity contribution is 0.102. The van der Waals surface area contributed by atoms with Gasteiger partial charge in [-0.25, -0.2) is 4.98 Å². The number of carbonyl (C=O) groups is 1. The van der Waals surface area contributed by atoms with Gasteiger partial charge in [0.1, 0.15) is 0 Å². The number of hydrogen-bond donors (Lipinski definition) is 1. The maximum Gasteiger partial charge on any atom is 0.277 e. The molecule has 0 saturated heterocycles. The SMILES string of the molecule is CCn1nc(C(=O)Nc2nc3c(cc4c5c(cccc53)CC4)s2)cc1C. The summed E-state index contributed by atoms with van der Waals surface area (Å²) in [5.41, 5.74) is 5.17. The van der Waals surface area contributed by atoms with Gasteiger partial charge < -0.3 is 0 Å². The molecule has 0 aliphatic heterocycles. The highest BCUT2D eigenvalue weighted by atomic mass is 32.1. The molecule has 5 nitrogen and oxygen atoms in total. The minimum atomic E-state index is -0.211. The van der Waals surface area contributed by atoms with Crippen molar-refractivity contribution in [2.75, 3.05) is 5.32 Å². The van der Waals surface area contributed by atoms with Gasteiger partial charge in [0, 0.05) is 17.6 Å². The molecule has 1 amide bonds. The number of anilines is 1. The second-order valence-corrected chi connectivity index (χ2v) is 7.71. The molecule has 26 heavy (non-hydrogen) atoms. The zero-order valence-electron chi connectivity index (χ0n) is 14.7. The number of aromatic nitrogens is 3. The highest BCUT2D eigenvalue weighted by molar-refractivity contribution is 7.22. The Morgan fingerprint density at radius 3 is 2.92 bits per heavy atom. The van der Waals surface area contributed by atoms with E-state index >= 15 is 0 Å². The van der Waals surface area contributed by atoms with Crippen LogP contribution in [0.2, 0.25) is 0 Å². The van der Waals surface area contributed by atoms with E-state index < -0.39 is 0 Å². The Morgan fingerprint density at radius 1 is 1.27 bits per heavy atom. The van der Waals surface area contributed by atoms with Crippen LogP contribution in [0.4, 0.5) is 5.13 Å². The molecule has 2 aromatic carbocycles. The number of aryl methyl sites for hydroxylation is 4. The molecule has 130 valence electrons. The van der Waals surface area contributed by atoms with Gasteiger partial charge >= 0.3 is 0 Å². The second-order valence-electron chi connectivity index (χ2n) is 6.68. The molecule has 0 unspecified atom stereocenters. The molecule has 2 aromatic heterocycles. The Balaban J connectivity index is 1.55. The maximum absolute atomic E-state index is 12.5. The van der Waals surface area contributed by atoms with Crippen LogP contribution in [-0.4, -0.2) is 20.7 Å². The summed E-state index contributed by atoms with van der Waals surface area (Å²) in [4.78, 5) is 17.3. The second kappa shape index (κ2) is 5.64. The van der Waals surface area contributed by atoms with Gasteiger partial charge in [0.2, 0.25) is 0 Å². The first-order valence-electron chi connectivity index (χ1n) is 8.84. The first-order chi connectivity index (χ1) is 12.6. The molecule has 0 radical (unpaired) electrons. The predicted octanol–water partition coefficient (Wildman–Crippen LogP) is 4.33. The van der Waals surface area contributed by atoms with Gasteiger partial charge in [-0.15, -0.1) is 0 Å². The monoisotopic (exact) mass is 362 g/mol. The van der Waals surface area contributed by atoms with E-state index in [1.54, 1.807) is 0 Å². The van der Waals surface area contributed by atoms with Crippen molar-refractivity contribution in [2.45, 2.75) is 33.2 Å². The van der Waals surface area contributed by atoms with Crippen LogP contribution in [0, 0.1) is 6.92 Å². The summed E-state index contributed by atoms with van der Waals surface area (Å²) in [6.45, 7) is 4.71. The van der Waals surface area contributed by atoms with Gasteiger partial charge in [0.15, 0.2) is 10.8 Å². The van der Waals surface area contributed by atoms with Crippen molar-refractivity contribution < 1.29 is 4.79 Å². The minimum absolute atomic E-state index is 0.211. The lowest BCUT2D eigenvalue weighted by Crippen LogP contribution is -2.13. The van der Waals surface area contributed by atoms with Crippen molar-refractivity contribution in [3.05, 3.63) is 52.8 Å². The lowest BCUT2D eigenvalue weighted by atomic mass is 10.0. The van der Waals surface area contributed by atoms with E-state index in [2.05, 4.69) is 34.7 Å². The third-order valence-corrected chi connectivity index (χ3v) is 6.00. The number of hydrogen-bond acceptors (Lipinski definition) is 4. The number of thiazole rings is 1. The Bertz CT molecular complexity index is 1190. The minimum Gasteiger partial charge on any atom is -0.296 e. The number of nitrogens with zero attached hydrogens (tertiary/aromatic N) is 3. The largest absolute Gasteiger partial charge is 0.296 e.